The van der Waals surface area contributed by atoms with Crippen molar-refractivity contribution < 1.29 is 14.7 Å². The van der Waals surface area contributed by atoms with Gasteiger partial charge in [-0.1, -0.05) is 6.07 Å². The number of aryl methyl sites for hydroxylation is 1. The molecule has 0 aliphatic heterocycles. The lowest BCUT2D eigenvalue weighted by Crippen LogP contribution is -2.40. The minimum Gasteiger partial charge on any atom is -0.391 e. The second-order valence-corrected chi connectivity index (χ2v) is 6.60. The van der Waals surface area contributed by atoms with Crippen LogP contribution in [0.25, 0.3) is 0 Å². The van der Waals surface area contributed by atoms with Crippen LogP contribution in [0.4, 0.5) is 5.82 Å². The molecule has 2 aromatic rings. The Bertz CT molecular complexity index is 804. The summed E-state index contributed by atoms with van der Waals surface area (Å²) in [5.74, 6) is -0.398. The Balaban J connectivity index is 1.54. The standard InChI is InChI=1S/C18H23N5O3/c1-10-13(4-6-20-10)18(26)23-14-7-12(8-15(14)24)17(25)22-9-11-3-2-5-21-16(11)19/h2-6,12,14-15,20,24H,7-9H2,1H3,(H2,19,21)(H,22,25)(H,23,26)/t12-,14-,15-/m0/s1. The van der Waals surface area contributed by atoms with Crippen LogP contribution in [0.5, 0.6) is 0 Å². The first-order valence-electron chi connectivity index (χ1n) is 8.55. The number of nitrogens with one attached hydrogen (secondary N) is 3. The SMILES string of the molecule is Cc1[nH]ccc1C(=O)N[C@H]1C[C@H](C(=O)NCc2cccnc2N)C[C@@H]1O. The van der Waals surface area contributed by atoms with Crippen LogP contribution >= 0.6 is 0 Å². The monoisotopic (exact) mass is 357 g/mol. The van der Waals surface area contributed by atoms with Gasteiger partial charge >= 0.3 is 0 Å². The molecule has 2 aromatic heterocycles. The summed E-state index contributed by atoms with van der Waals surface area (Å²) in [6.45, 7) is 2.09. The van der Waals surface area contributed by atoms with Crippen molar-refractivity contribution in [3.05, 3.63) is 47.4 Å². The molecule has 1 aliphatic carbocycles. The molecule has 0 radical (unpaired) electrons. The largest absolute Gasteiger partial charge is 0.391 e. The van der Waals surface area contributed by atoms with E-state index in [1.807, 2.05) is 0 Å². The van der Waals surface area contributed by atoms with Crippen LogP contribution in [0.2, 0.25) is 0 Å². The zero-order valence-corrected chi connectivity index (χ0v) is 14.5. The van der Waals surface area contributed by atoms with Crippen LogP contribution in [0.3, 0.4) is 0 Å². The highest BCUT2D eigenvalue weighted by molar-refractivity contribution is 5.95. The van der Waals surface area contributed by atoms with E-state index < -0.39 is 12.1 Å². The first-order valence-corrected chi connectivity index (χ1v) is 8.55. The number of H-pyrrole nitrogens is 1. The van der Waals surface area contributed by atoms with E-state index in [1.54, 1.807) is 37.5 Å². The number of rotatable bonds is 5. The zero-order valence-electron chi connectivity index (χ0n) is 14.5. The van der Waals surface area contributed by atoms with Gasteiger partial charge in [-0.15, -0.1) is 0 Å². The van der Waals surface area contributed by atoms with Crippen molar-refractivity contribution in [1.29, 1.82) is 0 Å². The summed E-state index contributed by atoms with van der Waals surface area (Å²) in [5.41, 5.74) is 7.81. The first-order chi connectivity index (χ1) is 12.5. The van der Waals surface area contributed by atoms with Crippen LogP contribution in [0, 0.1) is 12.8 Å². The second-order valence-electron chi connectivity index (χ2n) is 6.60. The maximum absolute atomic E-state index is 12.4. The maximum atomic E-state index is 12.4. The van der Waals surface area contributed by atoms with Crippen LogP contribution < -0.4 is 16.4 Å². The molecule has 138 valence electrons. The fraction of sp³-hybridized carbons (Fsp3) is 0.389. The van der Waals surface area contributed by atoms with Gasteiger partial charge < -0.3 is 26.5 Å². The van der Waals surface area contributed by atoms with Crippen molar-refractivity contribution in [2.24, 2.45) is 5.92 Å². The Morgan fingerprint density at radius 1 is 1.38 bits per heavy atom. The molecule has 0 saturated heterocycles. The fourth-order valence-electron chi connectivity index (χ4n) is 3.26. The van der Waals surface area contributed by atoms with Gasteiger partial charge in [0.25, 0.3) is 5.91 Å². The maximum Gasteiger partial charge on any atom is 0.253 e. The normalized spacial score (nSPS) is 22.2. The van der Waals surface area contributed by atoms with E-state index >= 15 is 0 Å². The van der Waals surface area contributed by atoms with E-state index in [9.17, 15) is 14.7 Å². The lowest BCUT2D eigenvalue weighted by molar-refractivity contribution is -0.125. The Labute approximate surface area is 151 Å². The number of carbonyl (C=O) groups is 2. The molecule has 1 saturated carbocycles. The molecule has 8 nitrogen and oxygen atoms in total. The number of hydrogen-bond donors (Lipinski definition) is 5. The van der Waals surface area contributed by atoms with Crippen molar-refractivity contribution in [2.45, 2.75) is 38.5 Å². The second kappa shape index (κ2) is 7.57. The number of aliphatic hydroxyl groups is 1. The van der Waals surface area contributed by atoms with Gasteiger partial charge in [0.15, 0.2) is 0 Å². The van der Waals surface area contributed by atoms with Gasteiger partial charge in [-0.3, -0.25) is 9.59 Å². The number of aromatic nitrogens is 2. The highest BCUT2D eigenvalue weighted by Gasteiger charge is 2.37. The van der Waals surface area contributed by atoms with Crippen molar-refractivity contribution in [3.63, 3.8) is 0 Å². The van der Waals surface area contributed by atoms with E-state index in [-0.39, 0.29) is 24.3 Å². The summed E-state index contributed by atoms with van der Waals surface area (Å²) >= 11 is 0. The average molecular weight is 357 g/mol. The molecule has 2 heterocycles. The summed E-state index contributed by atoms with van der Waals surface area (Å²) in [7, 11) is 0. The van der Waals surface area contributed by atoms with E-state index in [0.29, 0.717) is 24.2 Å². The number of aromatic amines is 1. The minimum absolute atomic E-state index is 0.165. The molecule has 1 aliphatic rings. The molecular formula is C18H23N5O3. The molecule has 26 heavy (non-hydrogen) atoms. The molecule has 2 amide bonds. The third-order valence-corrected chi connectivity index (χ3v) is 4.79. The zero-order chi connectivity index (χ0) is 18.7. The minimum atomic E-state index is -0.752. The quantitative estimate of drug-likeness (QED) is 0.531. The molecule has 3 rings (SSSR count). The molecule has 0 spiro atoms. The molecular weight excluding hydrogens is 334 g/mol. The molecule has 6 N–H and O–H groups in total. The summed E-state index contributed by atoms with van der Waals surface area (Å²) < 4.78 is 0. The summed E-state index contributed by atoms with van der Waals surface area (Å²) in [4.78, 5) is 31.6. The van der Waals surface area contributed by atoms with Crippen molar-refractivity contribution in [1.82, 2.24) is 20.6 Å². The Morgan fingerprint density at radius 3 is 2.88 bits per heavy atom. The number of nitrogens with two attached hydrogens (primary N) is 1. The van der Waals surface area contributed by atoms with Gasteiger partial charge in [0, 0.05) is 36.1 Å². The number of nitrogen functional groups attached to an aromatic ring is 1. The lowest BCUT2D eigenvalue weighted by atomic mass is 10.1. The predicted octanol–water partition coefficient (Wildman–Crippen LogP) is 0.486. The molecule has 0 unspecified atom stereocenters. The number of carbonyl (C=O) groups excluding carboxylic acids is 2. The van der Waals surface area contributed by atoms with Gasteiger partial charge in [-0.25, -0.2) is 4.98 Å². The third-order valence-electron chi connectivity index (χ3n) is 4.79. The molecule has 0 aromatic carbocycles. The van der Waals surface area contributed by atoms with Crippen molar-refractivity contribution in [3.8, 4) is 0 Å². The summed E-state index contributed by atoms with van der Waals surface area (Å²) in [6.07, 6.45) is 3.23. The molecule has 0 bridgehead atoms. The number of pyridine rings is 1. The topological polar surface area (TPSA) is 133 Å². The predicted molar refractivity (Wildman–Crippen MR) is 96.0 cm³/mol. The van der Waals surface area contributed by atoms with Gasteiger partial charge in [0.2, 0.25) is 5.91 Å². The fourth-order valence-corrected chi connectivity index (χ4v) is 3.26. The smallest absolute Gasteiger partial charge is 0.253 e. The average Bonchev–Trinajstić information content (AvgIpc) is 3.20. The third kappa shape index (κ3) is 3.85. The first kappa shape index (κ1) is 17.9. The van der Waals surface area contributed by atoms with E-state index in [0.717, 1.165) is 11.3 Å². The number of anilines is 1. The van der Waals surface area contributed by atoms with Crippen molar-refractivity contribution >= 4 is 17.6 Å². The Hall–Kier alpha value is -2.87. The number of hydrogen-bond acceptors (Lipinski definition) is 5. The number of nitrogens with zero attached hydrogens (tertiary/aromatic N) is 1. The van der Waals surface area contributed by atoms with E-state index in [4.69, 9.17) is 5.73 Å². The van der Waals surface area contributed by atoms with Crippen LogP contribution in [0.1, 0.15) is 34.5 Å². The van der Waals surface area contributed by atoms with Gasteiger partial charge in [0.05, 0.1) is 17.7 Å². The number of amides is 2. The summed E-state index contributed by atoms with van der Waals surface area (Å²) in [6, 6.07) is 4.80. The lowest BCUT2D eigenvalue weighted by Gasteiger charge is -2.16. The van der Waals surface area contributed by atoms with Crippen molar-refractivity contribution in [2.75, 3.05) is 5.73 Å². The molecule has 8 heteroatoms. The number of aliphatic hydroxyl groups excluding tert-OH is 1. The van der Waals surface area contributed by atoms with Crippen LogP contribution in [-0.4, -0.2) is 39.0 Å². The van der Waals surface area contributed by atoms with E-state index in [2.05, 4.69) is 20.6 Å². The van der Waals surface area contributed by atoms with Gasteiger partial charge in [-0.05, 0) is 31.9 Å². The molecule has 1 fully saturated rings. The Kier molecular flexibility index (Phi) is 5.22. The van der Waals surface area contributed by atoms with Gasteiger partial charge in [0.1, 0.15) is 5.82 Å². The summed E-state index contributed by atoms with van der Waals surface area (Å²) in [5, 5.41) is 15.9. The highest BCUT2D eigenvalue weighted by atomic mass is 16.3. The Morgan fingerprint density at radius 2 is 2.19 bits per heavy atom. The van der Waals surface area contributed by atoms with E-state index in [1.165, 1.54) is 0 Å². The molecule has 3 atom stereocenters. The van der Waals surface area contributed by atoms with Crippen LogP contribution in [-0.2, 0) is 11.3 Å². The van der Waals surface area contributed by atoms with Crippen LogP contribution in [0.15, 0.2) is 30.6 Å². The highest BCUT2D eigenvalue weighted by Crippen LogP contribution is 2.27. The van der Waals surface area contributed by atoms with Gasteiger partial charge in [-0.2, -0.15) is 0 Å².